The van der Waals surface area contributed by atoms with Crippen molar-refractivity contribution in [2.24, 2.45) is 7.05 Å². The molecule has 3 aromatic rings. The number of imidazole rings is 1. The topological polar surface area (TPSA) is 81.8 Å². The monoisotopic (exact) mass is 353 g/mol. The van der Waals surface area contributed by atoms with Crippen LogP contribution in [0.25, 0.3) is 11.0 Å². The summed E-state index contributed by atoms with van der Waals surface area (Å²) in [5.74, 6) is 0.485. The molecule has 0 bridgehead atoms. The summed E-state index contributed by atoms with van der Waals surface area (Å²) >= 11 is 0. The summed E-state index contributed by atoms with van der Waals surface area (Å²) in [6, 6.07) is 7.97. The summed E-state index contributed by atoms with van der Waals surface area (Å²) < 4.78 is 3.57. The van der Waals surface area contributed by atoms with E-state index < -0.39 is 0 Å². The van der Waals surface area contributed by atoms with Crippen molar-refractivity contribution >= 4 is 16.9 Å². The maximum absolute atomic E-state index is 12.2. The Morgan fingerprint density at radius 2 is 2.00 bits per heavy atom. The minimum Gasteiger partial charge on any atom is -0.356 e. The number of nitrogens with zero attached hydrogens (tertiary/aromatic N) is 4. The zero-order chi connectivity index (χ0) is 18.7. The van der Waals surface area contributed by atoms with Gasteiger partial charge in [-0.1, -0.05) is 12.1 Å². The van der Waals surface area contributed by atoms with Crippen LogP contribution in [0.4, 0.5) is 0 Å². The number of nitrogens with one attached hydrogen (secondary N) is 1. The van der Waals surface area contributed by atoms with Gasteiger partial charge in [-0.25, -0.2) is 9.97 Å². The fraction of sp³-hybridized carbons (Fsp3) is 0.368. The van der Waals surface area contributed by atoms with Crippen LogP contribution in [-0.2, 0) is 24.8 Å². The Hall–Kier alpha value is -2.96. The minimum atomic E-state index is -0.122. The Labute approximate surface area is 151 Å². The standard InChI is InChI=1S/C19H23N5O2/c1-13-16(22-14(2)23(3)19(13)26)11-18(25)20-9-6-10-24-12-21-15-7-4-5-8-17(15)24/h4-5,7-8,12H,6,9-11H2,1-3H3,(H,20,25). The van der Waals surface area contributed by atoms with E-state index in [9.17, 15) is 9.59 Å². The second-order valence-electron chi connectivity index (χ2n) is 6.40. The highest BCUT2D eigenvalue weighted by Gasteiger charge is 2.12. The summed E-state index contributed by atoms with van der Waals surface area (Å²) in [4.78, 5) is 33.0. The van der Waals surface area contributed by atoms with Crippen molar-refractivity contribution in [2.45, 2.75) is 33.2 Å². The van der Waals surface area contributed by atoms with Crippen LogP contribution < -0.4 is 10.9 Å². The van der Waals surface area contributed by atoms with Crippen LogP contribution in [0.3, 0.4) is 0 Å². The number of rotatable bonds is 6. The fourth-order valence-corrected chi connectivity index (χ4v) is 2.93. The number of aryl methyl sites for hydroxylation is 2. The van der Waals surface area contributed by atoms with Crippen molar-refractivity contribution < 1.29 is 4.79 Å². The highest BCUT2D eigenvalue weighted by molar-refractivity contribution is 5.78. The zero-order valence-corrected chi connectivity index (χ0v) is 15.3. The van der Waals surface area contributed by atoms with Gasteiger partial charge in [-0.2, -0.15) is 0 Å². The van der Waals surface area contributed by atoms with Gasteiger partial charge >= 0.3 is 0 Å². The molecule has 1 aromatic carbocycles. The van der Waals surface area contributed by atoms with Crippen LogP contribution in [0.15, 0.2) is 35.4 Å². The summed E-state index contributed by atoms with van der Waals surface area (Å²) in [6.07, 6.45) is 2.74. The first-order valence-electron chi connectivity index (χ1n) is 8.67. The van der Waals surface area contributed by atoms with Gasteiger partial charge < -0.3 is 9.88 Å². The molecule has 2 aromatic heterocycles. The number of fused-ring (bicyclic) bond motifs is 1. The van der Waals surface area contributed by atoms with Crippen molar-refractivity contribution in [1.29, 1.82) is 0 Å². The lowest BCUT2D eigenvalue weighted by molar-refractivity contribution is -0.120. The normalized spacial score (nSPS) is 11.0. The van der Waals surface area contributed by atoms with Gasteiger partial charge in [0.05, 0.1) is 29.5 Å². The molecule has 1 N–H and O–H groups in total. The summed E-state index contributed by atoms with van der Waals surface area (Å²) in [5, 5.41) is 2.90. The molecule has 0 saturated heterocycles. The zero-order valence-electron chi connectivity index (χ0n) is 15.3. The molecule has 1 amide bonds. The van der Waals surface area contributed by atoms with Crippen LogP contribution in [-0.4, -0.2) is 31.6 Å². The predicted molar refractivity (Wildman–Crippen MR) is 100 cm³/mol. The molecule has 0 saturated carbocycles. The van der Waals surface area contributed by atoms with Gasteiger partial charge in [-0.3, -0.25) is 14.2 Å². The van der Waals surface area contributed by atoms with E-state index in [4.69, 9.17) is 0 Å². The Morgan fingerprint density at radius 3 is 2.81 bits per heavy atom. The molecule has 26 heavy (non-hydrogen) atoms. The molecule has 0 aliphatic carbocycles. The van der Waals surface area contributed by atoms with Crippen LogP contribution >= 0.6 is 0 Å². The van der Waals surface area contributed by atoms with Crippen LogP contribution in [0.5, 0.6) is 0 Å². The van der Waals surface area contributed by atoms with Gasteiger partial charge in [0.15, 0.2) is 0 Å². The Morgan fingerprint density at radius 1 is 1.23 bits per heavy atom. The molecule has 0 spiro atoms. The van der Waals surface area contributed by atoms with E-state index in [1.165, 1.54) is 4.57 Å². The summed E-state index contributed by atoms with van der Waals surface area (Å²) in [6.45, 7) is 4.82. The molecule has 2 heterocycles. The Bertz CT molecular complexity index is 1000. The van der Waals surface area contributed by atoms with E-state index in [0.717, 1.165) is 24.0 Å². The van der Waals surface area contributed by atoms with E-state index in [1.807, 2.05) is 30.6 Å². The highest BCUT2D eigenvalue weighted by atomic mass is 16.1. The number of hydrogen-bond donors (Lipinski definition) is 1. The molecule has 0 atom stereocenters. The molecule has 0 aliphatic rings. The molecule has 7 heteroatoms. The smallest absolute Gasteiger partial charge is 0.256 e. The van der Waals surface area contributed by atoms with E-state index in [1.54, 1.807) is 20.9 Å². The number of benzene rings is 1. The Balaban J connectivity index is 1.53. The van der Waals surface area contributed by atoms with Crippen molar-refractivity contribution in [3.05, 3.63) is 58.0 Å². The van der Waals surface area contributed by atoms with Gasteiger partial charge in [0.1, 0.15) is 5.82 Å². The molecule has 0 aliphatic heterocycles. The molecule has 136 valence electrons. The quantitative estimate of drug-likeness (QED) is 0.681. The minimum absolute atomic E-state index is 0.104. The van der Waals surface area contributed by atoms with Gasteiger partial charge in [0.2, 0.25) is 5.91 Å². The van der Waals surface area contributed by atoms with E-state index in [0.29, 0.717) is 23.6 Å². The molecule has 0 radical (unpaired) electrons. The van der Waals surface area contributed by atoms with E-state index in [2.05, 4.69) is 19.9 Å². The second-order valence-corrected chi connectivity index (χ2v) is 6.40. The van der Waals surface area contributed by atoms with Crippen molar-refractivity contribution in [3.63, 3.8) is 0 Å². The molecule has 3 rings (SSSR count). The molecule has 0 unspecified atom stereocenters. The van der Waals surface area contributed by atoms with Gasteiger partial charge in [0.25, 0.3) is 5.56 Å². The number of hydrogen-bond acceptors (Lipinski definition) is 4. The second kappa shape index (κ2) is 7.51. The average molecular weight is 353 g/mol. The van der Waals surface area contributed by atoms with E-state index >= 15 is 0 Å². The molecular formula is C19H23N5O2. The van der Waals surface area contributed by atoms with Gasteiger partial charge in [-0.15, -0.1) is 0 Å². The predicted octanol–water partition coefficient (Wildman–Crippen LogP) is 1.50. The SMILES string of the molecule is Cc1c(CC(=O)NCCCn2cnc3ccccc32)nc(C)n(C)c1=O. The van der Waals surface area contributed by atoms with Gasteiger partial charge in [-0.05, 0) is 32.4 Å². The summed E-state index contributed by atoms with van der Waals surface area (Å²) in [7, 11) is 1.68. The maximum Gasteiger partial charge on any atom is 0.256 e. The number of para-hydroxylation sites is 2. The van der Waals surface area contributed by atoms with E-state index in [-0.39, 0.29) is 17.9 Å². The lowest BCUT2D eigenvalue weighted by Gasteiger charge is -2.10. The highest BCUT2D eigenvalue weighted by Crippen LogP contribution is 2.11. The lowest BCUT2D eigenvalue weighted by Crippen LogP contribution is -2.30. The average Bonchev–Trinajstić information content (AvgIpc) is 3.05. The third-order valence-corrected chi connectivity index (χ3v) is 4.59. The summed E-state index contributed by atoms with van der Waals surface area (Å²) in [5.41, 5.74) is 3.03. The van der Waals surface area contributed by atoms with Crippen LogP contribution in [0.2, 0.25) is 0 Å². The number of carbonyl (C=O) groups excluding carboxylic acids is 1. The molecule has 7 nitrogen and oxygen atoms in total. The fourth-order valence-electron chi connectivity index (χ4n) is 2.93. The number of aromatic nitrogens is 4. The molecular weight excluding hydrogens is 330 g/mol. The Kier molecular flexibility index (Phi) is 5.16. The van der Waals surface area contributed by atoms with Crippen LogP contribution in [0, 0.1) is 13.8 Å². The van der Waals surface area contributed by atoms with Crippen molar-refractivity contribution in [3.8, 4) is 0 Å². The number of amides is 1. The van der Waals surface area contributed by atoms with Gasteiger partial charge in [0, 0.05) is 25.7 Å². The molecule has 0 fully saturated rings. The maximum atomic E-state index is 12.2. The first kappa shape index (κ1) is 17.8. The third-order valence-electron chi connectivity index (χ3n) is 4.59. The lowest BCUT2D eigenvalue weighted by atomic mass is 10.2. The van der Waals surface area contributed by atoms with Crippen LogP contribution in [0.1, 0.15) is 23.5 Å². The number of carbonyl (C=O) groups is 1. The largest absolute Gasteiger partial charge is 0.356 e. The van der Waals surface area contributed by atoms with Crippen molar-refractivity contribution in [1.82, 2.24) is 24.4 Å². The van der Waals surface area contributed by atoms with Crippen molar-refractivity contribution in [2.75, 3.05) is 6.54 Å². The third kappa shape index (κ3) is 3.66. The first-order chi connectivity index (χ1) is 12.5. The first-order valence-corrected chi connectivity index (χ1v) is 8.67.